The zero-order valence-corrected chi connectivity index (χ0v) is 45.9. The molecule has 0 saturated carbocycles. The zero-order chi connectivity index (χ0) is 58.2. The van der Waals surface area contributed by atoms with Crippen LogP contribution in [0.1, 0.15) is 110 Å². The highest BCUT2D eigenvalue weighted by Crippen LogP contribution is 2.15. The summed E-state index contributed by atoms with van der Waals surface area (Å²) in [6.45, 7) is 6.40. The monoisotopic (exact) mass is 1110 g/mol. The van der Waals surface area contributed by atoms with Crippen LogP contribution in [0, 0.1) is 11.8 Å². The number of phenolic OH excluding ortho intramolecular Hbond substituents is 1. The minimum absolute atomic E-state index is 0.00171. The Bertz CT molecular complexity index is 2060. The molecule has 0 saturated heterocycles. The van der Waals surface area contributed by atoms with Gasteiger partial charge < -0.3 is 86.5 Å². The Morgan fingerprint density at radius 1 is 0.545 bits per heavy atom. The lowest BCUT2D eigenvalue weighted by atomic mass is 9.97. The molecule has 1 aromatic rings. The summed E-state index contributed by atoms with van der Waals surface area (Å²) in [5.74, 6) is -9.58. The molecule has 10 atom stereocenters. The number of carbonyl (C=O) groups excluding carboxylic acids is 9. The van der Waals surface area contributed by atoms with E-state index >= 15 is 0 Å². The Labute approximate surface area is 455 Å². The first kappa shape index (κ1) is 68.9. The van der Waals surface area contributed by atoms with Gasteiger partial charge in [-0.2, -0.15) is 11.8 Å². The van der Waals surface area contributed by atoms with Crippen molar-refractivity contribution < 1.29 is 63.3 Å². The maximum atomic E-state index is 14.4. The molecule has 9 amide bonds. The number of aliphatic hydroxyl groups is 1. The van der Waals surface area contributed by atoms with Crippen LogP contribution in [-0.4, -0.2) is 167 Å². The number of aromatic hydroxyl groups is 1. The molecule has 0 aromatic heterocycles. The van der Waals surface area contributed by atoms with Gasteiger partial charge in [-0.25, -0.2) is 4.79 Å². The fraction of sp³-hybridized carbons (Fsp3) is 0.680. The van der Waals surface area contributed by atoms with E-state index in [0.29, 0.717) is 56.3 Å². The van der Waals surface area contributed by atoms with Crippen molar-refractivity contribution in [2.75, 3.05) is 38.2 Å². The topological polar surface area (TPSA) is 458 Å². The van der Waals surface area contributed by atoms with Gasteiger partial charge in [-0.3, -0.25) is 43.2 Å². The Hall–Kier alpha value is -6.13. The SMILES string of the molecule is CC[C@H](C)[C@H](NC(=O)[C@H](CCSC)NC(=O)[C@@H](N)CC(N)=O)C(=O)N[C@@H](CO)C(=O)N[C@@H](CCCCN)C(=O)N[C@@H](CCCCN)C(=O)N[C@@H](Cc1ccc(O)cc1)C(=O)N[C@@H](CCCCN)C(=O)N[C@H](C(=O)O)C(C)C. The van der Waals surface area contributed by atoms with Crippen molar-refractivity contribution in [3.8, 4) is 5.75 Å². The first-order chi connectivity index (χ1) is 36.5. The minimum Gasteiger partial charge on any atom is -0.508 e. The van der Waals surface area contributed by atoms with Crippen molar-refractivity contribution in [1.82, 2.24) is 42.5 Å². The molecule has 436 valence electrons. The summed E-state index contributed by atoms with van der Waals surface area (Å²) in [7, 11) is 0. The van der Waals surface area contributed by atoms with E-state index in [4.69, 9.17) is 28.7 Å². The molecule has 0 unspecified atom stereocenters. The summed E-state index contributed by atoms with van der Waals surface area (Å²) in [5, 5.41) is 50.8. The Balaban J connectivity index is 3.56. The number of carboxylic acids is 1. The van der Waals surface area contributed by atoms with Gasteiger partial charge in [0.2, 0.25) is 53.2 Å². The van der Waals surface area contributed by atoms with Gasteiger partial charge in [-0.05, 0) is 125 Å². The number of unbranched alkanes of at least 4 members (excludes halogenated alkanes) is 3. The van der Waals surface area contributed by atoms with Crippen LogP contribution in [0.2, 0.25) is 0 Å². The van der Waals surface area contributed by atoms with Gasteiger partial charge >= 0.3 is 5.97 Å². The summed E-state index contributed by atoms with van der Waals surface area (Å²) >= 11 is 1.38. The number of hydrogen-bond donors (Lipinski definition) is 16. The smallest absolute Gasteiger partial charge is 0.326 e. The van der Waals surface area contributed by atoms with Gasteiger partial charge in [0.15, 0.2) is 0 Å². The van der Waals surface area contributed by atoms with Crippen LogP contribution in [0.5, 0.6) is 5.75 Å². The lowest BCUT2D eigenvalue weighted by Gasteiger charge is -2.29. The van der Waals surface area contributed by atoms with Gasteiger partial charge in [0.1, 0.15) is 54.1 Å². The van der Waals surface area contributed by atoms with Crippen molar-refractivity contribution in [3.05, 3.63) is 29.8 Å². The molecule has 27 heteroatoms. The summed E-state index contributed by atoms with van der Waals surface area (Å²) in [6, 6.07) is -6.36. The quantitative estimate of drug-likeness (QED) is 0.0290. The Morgan fingerprint density at radius 2 is 0.935 bits per heavy atom. The van der Waals surface area contributed by atoms with E-state index in [-0.39, 0.29) is 57.5 Å². The van der Waals surface area contributed by atoms with Crippen molar-refractivity contribution in [2.45, 2.75) is 166 Å². The summed E-state index contributed by atoms with van der Waals surface area (Å²) in [5.41, 5.74) is 28.7. The highest BCUT2D eigenvalue weighted by atomic mass is 32.2. The number of carboxylic acid groups (broad SMARTS) is 1. The standard InChI is InChI=1S/C50H87N13O13S/c1-6-29(4)41(63-46(71)36(20-24-77-5)56-42(67)32(54)26-39(55)66)49(74)61-38(27-64)48(73)59-33(13-7-10-21-51)43(68)57-34(14-8-11-22-52)44(69)60-37(25-30-16-18-31(65)19-17-30)47(72)58-35(15-9-12-23-53)45(70)62-40(28(2)3)50(75)76/h16-19,28-29,32-38,40-41,64-65H,6-15,20-27,51-54H2,1-5H3,(H2,55,66)(H,56,67)(H,57,68)(H,58,72)(H,59,73)(H,60,69)(H,61,74)(H,62,70)(H,63,71)(H,75,76)/t29-,32-,33-,34-,35-,36-,37-,38-,40-,41-/m0/s1. The van der Waals surface area contributed by atoms with E-state index in [9.17, 15) is 63.3 Å². The molecule has 0 radical (unpaired) electrons. The fourth-order valence-electron chi connectivity index (χ4n) is 7.72. The molecule has 0 aliphatic carbocycles. The van der Waals surface area contributed by atoms with Crippen LogP contribution in [0.3, 0.4) is 0 Å². The van der Waals surface area contributed by atoms with Gasteiger partial charge in [-0.15, -0.1) is 0 Å². The normalized spacial score (nSPS) is 15.1. The number of primary amides is 1. The third-order valence-electron chi connectivity index (χ3n) is 12.6. The maximum Gasteiger partial charge on any atom is 0.326 e. The number of thioether (sulfide) groups is 1. The van der Waals surface area contributed by atoms with E-state index in [2.05, 4.69) is 42.5 Å². The van der Waals surface area contributed by atoms with Gasteiger partial charge in [0.25, 0.3) is 0 Å². The van der Waals surface area contributed by atoms with Crippen LogP contribution in [-0.2, 0) is 54.4 Å². The number of aliphatic carboxylic acids is 1. The summed E-state index contributed by atoms with van der Waals surface area (Å²) < 4.78 is 0. The first-order valence-corrected chi connectivity index (χ1v) is 27.5. The van der Waals surface area contributed by atoms with Crippen molar-refractivity contribution in [2.24, 2.45) is 40.5 Å². The molecule has 21 N–H and O–H groups in total. The average Bonchev–Trinajstić information content (AvgIpc) is 3.38. The van der Waals surface area contributed by atoms with E-state index in [1.54, 1.807) is 34.0 Å². The van der Waals surface area contributed by atoms with Crippen LogP contribution in [0.4, 0.5) is 0 Å². The number of rotatable bonds is 40. The van der Waals surface area contributed by atoms with E-state index < -0.39 is 138 Å². The number of amides is 9. The molecule has 0 fully saturated rings. The van der Waals surface area contributed by atoms with E-state index in [1.165, 1.54) is 36.0 Å². The third kappa shape index (κ3) is 26.2. The molecule has 0 spiro atoms. The van der Waals surface area contributed by atoms with Crippen LogP contribution in [0.15, 0.2) is 24.3 Å². The molecular formula is C50H87N13O13S. The predicted octanol–water partition coefficient (Wildman–Crippen LogP) is -3.07. The van der Waals surface area contributed by atoms with Crippen LogP contribution < -0.4 is 71.2 Å². The lowest BCUT2D eigenvalue weighted by molar-refractivity contribution is -0.143. The number of nitrogens with two attached hydrogens (primary N) is 5. The maximum absolute atomic E-state index is 14.4. The predicted molar refractivity (Wildman–Crippen MR) is 290 cm³/mol. The first-order valence-electron chi connectivity index (χ1n) is 26.2. The largest absolute Gasteiger partial charge is 0.508 e. The van der Waals surface area contributed by atoms with Gasteiger partial charge in [0, 0.05) is 6.42 Å². The highest BCUT2D eigenvalue weighted by molar-refractivity contribution is 7.98. The van der Waals surface area contributed by atoms with Crippen LogP contribution >= 0.6 is 11.8 Å². The highest BCUT2D eigenvalue weighted by Gasteiger charge is 2.36. The summed E-state index contributed by atoms with van der Waals surface area (Å²) in [4.78, 5) is 134. The number of phenols is 1. The number of hydrogen-bond acceptors (Lipinski definition) is 17. The molecule has 0 bridgehead atoms. The second-order valence-corrected chi connectivity index (χ2v) is 20.3. The van der Waals surface area contributed by atoms with Crippen LogP contribution in [0.25, 0.3) is 0 Å². The van der Waals surface area contributed by atoms with E-state index in [1.807, 2.05) is 0 Å². The second kappa shape index (κ2) is 37.6. The van der Waals surface area contributed by atoms with Crippen molar-refractivity contribution in [1.29, 1.82) is 0 Å². The zero-order valence-electron chi connectivity index (χ0n) is 45.1. The van der Waals surface area contributed by atoms with E-state index in [0.717, 1.165) is 0 Å². The van der Waals surface area contributed by atoms with Crippen molar-refractivity contribution >= 4 is 70.9 Å². The molecule has 0 aliphatic rings. The number of benzene rings is 1. The number of aliphatic hydroxyl groups excluding tert-OH is 1. The molecule has 1 aromatic carbocycles. The molecule has 1 rings (SSSR count). The van der Waals surface area contributed by atoms with Gasteiger partial charge in [0.05, 0.1) is 19.1 Å². The molecule has 0 aliphatic heterocycles. The van der Waals surface area contributed by atoms with Crippen molar-refractivity contribution in [3.63, 3.8) is 0 Å². The number of nitrogens with one attached hydrogen (secondary N) is 8. The molecule has 26 nitrogen and oxygen atoms in total. The molecule has 77 heavy (non-hydrogen) atoms. The average molecular weight is 1110 g/mol. The lowest BCUT2D eigenvalue weighted by Crippen LogP contribution is -2.61. The molecular weight excluding hydrogens is 1020 g/mol. The third-order valence-corrected chi connectivity index (χ3v) is 13.2. The summed E-state index contributed by atoms with van der Waals surface area (Å²) in [6.07, 6.45) is 3.98. The second-order valence-electron chi connectivity index (χ2n) is 19.3. The number of carbonyl (C=O) groups is 10. The van der Waals surface area contributed by atoms with Gasteiger partial charge in [-0.1, -0.05) is 46.2 Å². The Morgan fingerprint density at radius 3 is 1.34 bits per heavy atom. The minimum atomic E-state index is -1.67. The molecule has 0 heterocycles. The fourth-order valence-corrected chi connectivity index (χ4v) is 8.19. The Kier molecular flexibility index (Phi) is 33.6.